The molecule has 3 rings (SSSR count). The maximum absolute atomic E-state index is 12.4. The van der Waals surface area contributed by atoms with Crippen LogP contribution in [0.25, 0.3) is 11.5 Å². The Kier molecular flexibility index (Phi) is 3.80. The highest BCUT2D eigenvalue weighted by Gasteiger charge is 2.13. The fourth-order valence-corrected chi connectivity index (χ4v) is 2.28. The number of hydrogen-bond donors (Lipinski definition) is 2. The van der Waals surface area contributed by atoms with E-state index in [0.29, 0.717) is 17.1 Å². The van der Waals surface area contributed by atoms with E-state index >= 15 is 0 Å². The van der Waals surface area contributed by atoms with Crippen LogP contribution in [0.2, 0.25) is 0 Å². The van der Waals surface area contributed by atoms with Crippen LogP contribution in [-0.2, 0) is 0 Å². The molecule has 116 valence electrons. The zero-order chi connectivity index (χ0) is 16.4. The van der Waals surface area contributed by atoms with Crippen molar-refractivity contribution >= 4 is 11.6 Å². The third kappa shape index (κ3) is 3.21. The van der Waals surface area contributed by atoms with Gasteiger partial charge in [0, 0.05) is 5.69 Å². The Morgan fingerprint density at radius 1 is 1.22 bits per heavy atom. The van der Waals surface area contributed by atoms with E-state index in [1.165, 1.54) is 12.3 Å². The average Bonchev–Trinajstić information content (AvgIpc) is 3.04. The van der Waals surface area contributed by atoms with Gasteiger partial charge < -0.3 is 14.7 Å². The lowest BCUT2D eigenvalue weighted by Crippen LogP contribution is -2.21. The summed E-state index contributed by atoms with van der Waals surface area (Å²) in [5, 5.41) is 2.77. The minimum atomic E-state index is -0.607. The second kappa shape index (κ2) is 5.92. The molecular weight excluding hydrogens is 294 g/mol. The smallest absolute Gasteiger partial charge is 0.346 e. The summed E-state index contributed by atoms with van der Waals surface area (Å²) in [6.07, 6.45) is 1.49. The first-order chi connectivity index (χ1) is 11.0. The van der Waals surface area contributed by atoms with Gasteiger partial charge in [-0.2, -0.15) is 4.98 Å². The summed E-state index contributed by atoms with van der Waals surface area (Å²) in [5.74, 6) is 0.0147. The van der Waals surface area contributed by atoms with Crippen molar-refractivity contribution < 1.29 is 9.21 Å². The van der Waals surface area contributed by atoms with Crippen LogP contribution in [-0.4, -0.2) is 15.9 Å². The molecule has 0 saturated carbocycles. The van der Waals surface area contributed by atoms with Crippen LogP contribution >= 0.6 is 0 Å². The van der Waals surface area contributed by atoms with Gasteiger partial charge in [-0.3, -0.25) is 4.79 Å². The molecule has 2 N–H and O–H groups in total. The van der Waals surface area contributed by atoms with Gasteiger partial charge in [-0.25, -0.2) is 4.79 Å². The van der Waals surface area contributed by atoms with Crippen molar-refractivity contribution in [3.05, 3.63) is 70.0 Å². The standard InChI is InChI=1S/C17H15N3O3/c1-10-5-6-12(11(2)8-10)18-16(21)14-9-13(19-17(22)20-14)15-4-3-7-23-15/h3-9H,1-2H3,(H,18,21)(H,19,20,22). The number of benzene rings is 1. The van der Waals surface area contributed by atoms with Gasteiger partial charge in [0.05, 0.1) is 12.0 Å². The summed E-state index contributed by atoms with van der Waals surface area (Å²) in [5.41, 5.74) is 2.55. The normalized spacial score (nSPS) is 10.5. The minimum Gasteiger partial charge on any atom is -0.463 e. The fourth-order valence-electron chi connectivity index (χ4n) is 2.28. The molecule has 3 aromatic rings. The highest BCUT2D eigenvalue weighted by atomic mass is 16.3. The number of nitrogens with zero attached hydrogens (tertiary/aromatic N) is 1. The van der Waals surface area contributed by atoms with Crippen molar-refractivity contribution in [1.29, 1.82) is 0 Å². The molecule has 6 heteroatoms. The molecule has 0 fully saturated rings. The van der Waals surface area contributed by atoms with Crippen molar-refractivity contribution in [1.82, 2.24) is 9.97 Å². The van der Waals surface area contributed by atoms with E-state index in [9.17, 15) is 9.59 Å². The summed E-state index contributed by atoms with van der Waals surface area (Å²) in [6, 6.07) is 10.6. The highest BCUT2D eigenvalue weighted by molar-refractivity contribution is 6.03. The molecule has 0 unspecified atom stereocenters. The van der Waals surface area contributed by atoms with E-state index in [1.54, 1.807) is 12.1 Å². The third-order valence-corrected chi connectivity index (χ3v) is 3.39. The number of aryl methyl sites for hydroxylation is 2. The molecule has 23 heavy (non-hydrogen) atoms. The number of carbonyl (C=O) groups excluding carboxylic acids is 1. The van der Waals surface area contributed by atoms with E-state index in [0.717, 1.165) is 11.1 Å². The summed E-state index contributed by atoms with van der Waals surface area (Å²) in [6.45, 7) is 3.88. The zero-order valence-corrected chi connectivity index (χ0v) is 12.7. The van der Waals surface area contributed by atoms with Gasteiger partial charge in [-0.15, -0.1) is 0 Å². The molecule has 0 spiro atoms. The van der Waals surface area contributed by atoms with Crippen LogP contribution in [0.3, 0.4) is 0 Å². The van der Waals surface area contributed by atoms with Crippen molar-refractivity contribution in [2.75, 3.05) is 5.32 Å². The monoisotopic (exact) mass is 309 g/mol. The first-order valence-electron chi connectivity index (χ1n) is 7.07. The molecule has 0 aliphatic rings. The largest absolute Gasteiger partial charge is 0.463 e. The average molecular weight is 309 g/mol. The lowest BCUT2D eigenvalue weighted by atomic mass is 10.1. The first kappa shape index (κ1) is 14.8. The zero-order valence-electron chi connectivity index (χ0n) is 12.7. The van der Waals surface area contributed by atoms with Gasteiger partial charge in [-0.05, 0) is 43.7 Å². The van der Waals surface area contributed by atoms with Crippen LogP contribution in [0.5, 0.6) is 0 Å². The number of aromatic amines is 1. The molecule has 0 radical (unpaired) electrons. The first-order valence-corrected chi connectivity index (χ1v) is 7.07. The maximum Gasteiger partial charge on any atom is 0.346 e. The van der Waals surface area contributed by atoms with Gasteiger partial charge in [0.1, 0.15) is 11.5 Å². The third-order valence-electron chi connectivity index (χ3n) is 3.39. The van der Waals surface area contributed by atoms with E-state index in [1.807, 2.05) is 32.0 Å². The fraction of sp³-hybridized carbons (Fsp3) is 0.118. The summed E-state index contributed by atoms with van der Waals surface area (Å²) in [7, 11) is 0. The molecule has 1 aromatic carbocycles. The quantitative estimate of drug-likeness (QED) is 0.778. The Morgan fingerprint density at radius 3 is 2.74 bits per heavy atom. The molecule has 0 saturated heterocycles. The lowest BCUT2D eigenvalue weighted by Gasteiger charge is -2.09. The topological polar surface area (TPSA) is 88.0 Å². The number of hydrogen-bond acceptors (Lipinski definition) is 4. The van der Waals surface area contributed by atoms with E-state index in [2.05, 4.69) is 15.3 Å². The van der Waals surface area contributed by atoms with Crippen molar-refractivity contribution in [2.45, 2.75) is 13.8 Å². The number of anilines is 1. The summed E-state index contributed by atoms with van der Waals surface area (Å²) < 4.78 is 5.23. The molecule has 0 atom stereocenters. The van der Waals surface area contributed by atoms with Crippen LogP contribution < -0.4 is 11.0 Å². The van der Waals surface area contributed by atoms with Crippen LogP contribution in [0.15, 0.2) is 51.9 Å². The second-order valence-electron chi connectivity index (χ2n) is 5.24. The van der Waals surface area contributed by atoms with Crippen molar-refractivity contribution in [3.8, 4) is 11.5 Å². The number of amides is 1. The van der Waals surface area contributed by atoms with Gasteiger partial charge in [0.15, 0.2) is 0 Å². The van der Waals surface area contributed by atoms with Crippen molar-refractivity contribution in [2.24, 2.45) is 0 Å². The van der Waals surface area contributed by atoms with Gasteiger partial charge in [0.2, 0.25) is 0 Å². The Morgan fingerprint density at radius 2 is 2.04 bits per heavy atom. The Balaban J connectivity index is 1.92. The highest BCUT2D eigenvalue weighted by Crippen LogP contribution is 2.19. The van der Waals surface area contributed by atoms with E-state index in [4.69, 9.17) is 4.42 Å². The van der Waals surface area contributed by atoms with Crippen LogP contribution in [0.4, 0.5) is 5.69 Å². The Hall–Kier alpha value is -3.15. The minimum absolute atomic E-state index is 0.0279. The molecule has 0 aliphatic heterocycles. The van der Waals surface area contributed by atoms with Crippen LogP contribution in [0, 0.1) is 13.8 Å². The number of furan rings is 1. The van der Waals surface area contributed by atoms with Crippen molar-refractivity contribution in [3.63, 3.8) is 0 Å². The SMILES string of the molecule is Cc1ccc(NC(=O)c2cc(-c3ccco3)[nH]c(=O)n2)c(C)c1. The Labute approximate surface area is 132 Å². The number of H-pyrrole nitrogens is 1. The Bertz CT molecular complexity index is 911. The number of carbonyl (C=O) groups is 1. The summed E-state index contributed by atoms with van der Waals surface area (Å²) in [4.78, 5) is 30.3. The maximum atomic E-state index is 12.4. The van der Waals surface area contributed by atoms with Crippen LogP contribution in [0.1, 0.15) is 21.6 Å². The number of aromatic nitrogens is 2. The van der Waals surface area contributed by atoms with E-state index < -0.39 is 11.6 Å². The molecule has 0 aliphatic carbocycles. The molecule has 2 aromatic heterocycles. The lowest BCUT2D eigenvalue weighted by molar-refractivity contribution is 0.102. The molecule has 2 heterocycles. The predicted molar refractivity (Wildman–Crippen MR) is 86.4 cm³/mol. The number of rotatable bonds is 3. The van der Waals surface area contributed by atoms with Gasteiger partial charge >= 0.3 is 5.69 Å². The number of nitrogens with one attached hydrogen (secondary N) is 2. The van der Waals surface area contributed by atoms with Gasteiger partial charge in [0.25, 0.3) is 5.91 Å². The molecule has 1 amide bonds. The van der Waals surface area contributed by atoms with E-state index in [-0.39, 0.29) is 5.69 Å². The molecular formula is C17H15N3O3. The predicted octanol–water partition coefficient (Wildman–Crippen LogP) is 2.90. The summed E-state index contributed by atoms with van der Waals surface area (Å²) >= 11 is 0. The molecule has 0 bridgehead atoms. The molecule has 6 nitrogen and oxygen atoms in total. The van der Waals surface area contributed by atoms with Gasteiger partial charge in [-0.1, -0.05) is 17.7 Å². The second-order valence-corrected chi connectivity index (χ2v) is 5.24.